The fraction of sp³-hybridized carbons (Fsp3) is 0.300. The van der Waals surface area contributed by atoms with Crippen LogP contribution < -0.4 is 10.2 Å². The summed E-state index contributed by atoms with van der Waals surface area (Å²) in [4.78, 5) is 13.5. The molecule has 0 unspecified atom stereocenters. The van der Waals surface area contributed by atoms with Crippen molar-refractivity contribution in [3.8, 4) is 11.3 Å². The molecule has 1 aliphatic rings. The first kappa shape index (κ1) is 20.7. The van der Waals surface area contributed by atoms with Gasteiger partial charge in [-0.3, -0.25) is 4.99 Å². The predicted molar refractivity (Wildman–Crippen MR) is 126 cm³/mol. The highest BCUT2D eigenvalue weighted by atomic mass is 127. The molecule has 1 fully saturated rings. The molecule has 0 bridgehead atoms. The Kier molecular flexibility index (Phi) is 7.32. The van der Waals surface area contributed by atoms with Crippen LogP contribution in [0, 0.1) is 0 Å². The number of guanidine groups is 1. The number of nitrogens with zero attached hydrogens (tertiary/aromatic N) is 4. The molecule has 0 aliphatic carbocycles. The van der Waals surface area contributed by atoms with Crippen molar-refractivity contribution in [3.63, 3.8) is 0 Å². The van der Waals surface area contributed by atoms with E-state index >= 15 is 0 Å². The number of benzene rings is 1. The van der Waals surface area contributed by atoms with E-state index in [1.165, 1.54) is 5.00 Å². The zero-order chi connectivity index (χ0) is 18.5. The van der Waals surface area contributed by atoms with Crippen LogP contribution in [0.15, 0.2) is 63.5 Å². The Morgan fingerprint density at radius 2 is 1.93 bits per heavy atom. The molecule has 1 aliphatic heterocycles. The molecule has 148 valence electrons. The van der Waals surface area contributed by atoms with Crippen molar-refractivity contribution in [2.24, 2.45) is 4.99 Å². The van der Waals surface area contributed by atoms with Crippen molar-refractivity contribution in [2.45, 2.75) is 6.54 Å². The standard InChI is InChI=1S/C20H23N5OS.HI/c1-21-20(25-11-9-24(10-12-25)19-8-5-13-27-19)23-15-18-22-14-17(26-18)16-6-3-2-4-7-16;/h2-8,13-14H,9-12,15H2,1H3,(H,21,23);1H. The smallest absolute Gasteiger partial charge is 0.214 e. The van der Waals surface area contributed by atoms with E-state index in [0.717, 1.165) is 43.5 Å². The van der Waals surface area contributed by atoms with Crippen LogP contribution in [0.2, 0.25) is 0 Å². The van der Waals surface area contributed by atoms with Crippen LogP contribution in [0.4, 0.5) is 5.00 Å². The summed E-state index contributed by atoms with van der Waals surface area (Å²) in [5.41, 5.74) is 1.03. The van der Waals surface area contributed by atoms with E-state index in [4.69, 9.17) is 4.42 Å². The highest BCUT2D eigenvalue weighted by Gasteiger charge is 2.20. The molecule has 0 radical (unpaired) electrons. The third kappa shape index (κ3) is 4.85. The van der Waals surface area contributed by atoms with Gasteiger partial charge < -0.3 is 19.5 Å². The van der Waals surface area contributed by atoms with Crippen LogP contribution in [0.5, 0.6) is 0 Å². The number of rotatable bonds is 4. The highest BCUT2D eigenvalue weighted by molar-refractivity contribution is 14.0. The van der Waals surface area contributed by atoms with E-state index in [0.29, 0.717) is 12.4 Å². The van der Waals surface area contributed by atoms with Crippen LogP contribution >= 0.6 is 35.3 Å². The van der Waals surface area contributed by atoms with Crippen molar-refractivity contribution in [1.29, 1.82) is 0 Å². The Morgan fingerprint density at radius 3 is 2.61 bits per heavy atom. The number of oxazole rings is 1. The van der Waals surface area contributed by atoms with Gasteiger partial charge in [0.25, 0.3) is 0 Å². The molecule has 3 aromatic rings. The number of hydrogen-bond donors (Lipinski definition) is 1. The summed E-state index contributed by atoms with van der Waals surface area (Å²) in [6, 6.07) is 14.3. The fourth-order valence-corrected chi connectivity index (χ4v) is 3.99. The molecule has 4 rings (SSSR count). The second kappa shape index (κ2) is 9.92. The van der Waals surface area contributed by atoms with Crippen molar-refractivity contribution < 1.29 is 4.42 Å². The summed E-state index contributed by atoms with van der Waals surface area (Å²) in [5, 5.41) is 6.84. The number of aliphatic imine (C=N–C) groups is 1. The first-order valence-corrected chi connectivity index (χ1v) is 9.95. The minimum atomic E-state index is 0. The van der Waals surface area contributed by atoms with Gasteiger partial charge in [0.1, 0.15) is 0 Å². The monoisotopic (exact) mass is 509 g/mol. The third-order valence-corrected chi connectivity index (χ3v) is 5.55. The maximum atomic E-state index is 5.86. The van der Waals surface area contributed by atoms with Gasteiger partial charge in [-0.1, -0.05) is 30.3 Å². The van der Waals surface area contributed by atoms with E-state index < -0.39 is 0 Å². The zero-order valence-corrected chi connectivity index (χ0v) is 18.9. The van der Waals surface area contributed by atoms with Gasteiger partial charge in [0, 0.05) is 38.8 Å². The van der Waals surface area contributed by atoms with Crippen LogP contribution in [-0.2, 0) is 6.54 Å². The summed E-state index contributed by atoms with van der Waals surface area (Å²) in [6.45, 7) is 4.40. The lowest BCUT2D eigenvalue weighted by molar-refractivity contribution is 0.370. The predicted octanol–water partition coefficient (Wildman–Crippen LogP) is 3.92. The molecular weight excluding hydrogens is 485 g/mol. The van der Waals surface area contributed by atoms with Gasteiger partial charge in [-0.25, -0.2) is 4.98 Å². The Balaban J connectivity index is 0.00000225. The molecule has 1 saturated heterocycles. The molecule has 0 atom stereocenters. The quantitative estimate of drug-likeness (QED) is 0.329. The van der Waals surface area contributed by atoms with Crippen molar-refractivity contribution in [2.75, 3.05) is 38.1 Å². The fourth-order valence-electron chi connectivity index (χ4n) is 3.20. The lowest BCUT2D eigenvalue weighted by Crippen LogP contribution is -2.52. The summed E-state index contributed by atoms with van der Waals surface area (Å²) < 4.78 is 5.86. The average Bonchev–Trinajstić information content (AvgIpc) is 3.42. The van der Waals surface area contributed by atoms with Gasteiger partial charge in [0.2, 0.25) is 5.89 Å². The second-order valence-electron chi connectivity index (χ2n) is 6.31. The minimum absolute atomic E-state index is 0. The summed E-state index contributed by atoms with van der Waals surface area (Å²) in [6.07, 6.45) is 1.77. The van der Waals surface area contributed by atoms with Crippen LogP contribution in [-0.4, -0.2) is 49.1 Å². The van der Waals surface area contributed by atoms with E-state index in [2.05, 4.69) is 42.6 Å². The van der Waals surface area contributed by atoms with Crippen LogP contribution in [0.25, 0.3) is 11.3 Å². The molecule has 1 N–H and O–H groups in total. The third-order valence-electron chi connectivity index (χ3n) is 4.62. The molecular formula is C20H24IN5OS. The van der Waals surface area contributed by atoms with Crippen molar-refractivity contribution in [1.82, 2.24) is 15.2 Å². The number of nitrogens with one attached hydrogen (secondary N) is 1. The van der Waals surface area contributed by atoms with Crippen molar-refractivity contribution in [3.05, 3.63) is 59.9 Å². The van der Waals surface area contributed by atoms with Gasteiger partial charge in [0.05, 0.1) is 17.7 Å². The van der Waals surface area contributed by atoms with Gasteiger partial charge in [-0.15, -0.1) is 35.3 Å². The lowest BCUT2D eigenvalue weighted by Gasteiger charge is -2.36. The highest BCUT2D eigenvalue weighted by Crippen LogP contribution is 2.22. The average molecular weight is 509 g/mol. The van der Waals surface area contributed by atoms with Crippen molar-refractivity contribution >= 4 is 46.3 Å². The van der Waals surface area contributed by atoms with Gasteiger partial charge in [0.15, 0.2) is 11.7 Å². The number of thiophene rings is 1. The Hall–Kier alpha value is -2.07. The topological polar surface area (TPSA) is 56.9 Å². The Morgan fingerprint density at radius 1 is 1.14 bits per heavy atom. The Labute approximate surface area is 186 Å². The van der Waals surface area contributed by atoms with Crippen LogP contribution in [0.3, 0.4) is 0 Å². The SMILES string of the molecule is CN=C(NCc1ncc(-c2ccccc2)o1)N1CCN(c2cccs2)CC1.I. The molecule has 2 aromatic heterocycles. The van der Waals surface area contributed by atoms with Gasteiger partial charge in [-0.05, 0) is 17.5 Å². The molecule has 0 amide bonds. The minimum Gasteiger partial charge on any atom is -0.439 e. The van der Waals surface area contributed by atoms with Crippen LogP contribution in [0.1, 0.15) is 5.89 Å². The molecule has 3 heterocycles. The van der Waals surface area contributed by atoms with E-state index in [-0.39, 0.29) is 24.0 Å². The summed E-state index contributed by atoms with van der Waals surface area (Å²) in [7, 11) is 1.82. The number of hydrogen-bond acceptors (Lipinski definition) is 5. The largest absolute Gasteiger partial charge is 0.439 e. The zero-order valence-electron chi connectivity index (χ0n) is 15.7. The maximum absolute atomic E-state index is 5.86. The number of anilines is 1. The first-order chi connectivity index (χ1) is 13.3. The van der Waals surface area contributed by atoms with E-state index in [1.54, 1.807) is 17.5 Å². The maximum Gasteiger partial charge on any atom is 0.214 e. The molecule has 6 nitrogen and oxygen atoms in total. The number of halogens is 1. The van der Waals surface area contributed by atoms with E-state index in [9.17, 15) is 0 Å². The summed E-state index contributed by atoms with van der Waals surface area (Å²) in [5.74, 6) is 2.33. The molecule has 1 aromatic carbocycles. The van der Waals surface area contributed by atoms with Gasteiger partial charge in [-0.2, -0.15) is 0 Å². The first-order valence-electron chi connectivity index (χ1n) is 9.07. The van der Waals surface area contributed by atoms with E-state index in [1.807, 2.05) is 37.4 Å². The molecule has 0 spiro atoms. The molecule has 28 heavy (non-hydrogen) atoms. The number of piperazine rings is 1. The lowest BCUT2D eigenvalue weighted by atomic mass is 10.2. The molecule has 0 saturated carbocycles. The van der Waals surface area contributed by atoms with Gasteiger partial charge >= 0.3 is 0 Å². The Bertz CT molecular complexity index is 873. The molecule has 8 heteroatoms. The second-order valence-corrected chi connectivity index (χ2v) is 7.24. The summed E-state index contributed by atoms with van der Waals surface area (Å²) >= 11 is 1.79. The number of aromatic nitrogens is 1. The normalized spacial score (nSPS) is 14.7.